The van der Waals surface area contributed by atoms with Crippen LogP contribution in [0.4, 0.5) is 5.69 Å². The molecule has 24 heavy (non-hydrogen) atoms. The van der Waals surface area contributed by atoms with Gasteiger partial charge in [0, 0.05) is 13.1 Å². The third kappa shape index (κ3) is 2.93. The lowest BCUT2D eigenvalue weighted by atomic mass is 10.2. The van der Waals surface area contributed by atoms with Gasteiger partial charge < -0.3 is 9.73 Å². The maximum atomic E-state index is 12.1. The molecule has 0 unspecified atom stereocenters. The lowest BCUT2D eigenvalue weighted by Gasteiger charge is -1.95. The van der Waals surface area contributed by atoms with E-state index in [1.165, 1.54) is 11.8 Å². The van der Waals surface area contributed by atoms with Crippen molar-refractivity contribution in [3.8, 4) is 0 Å². The van der Waals surface area contributed by atoms with E-state index in [4.69, 9.17) is 4.42 Å². The number of benzene rings is 1. The van der Waals surface area contributed by atoms with E-state index in [9.17, 15) is 4.79 Å². The molecule has 3 aromatic rings. The topological polar surface area (TPSA) is 80.4 Å². The number of nitrogens with zero attached hydrogens (tertiary/aromatic N) is 3. The molecule has 0 aliphatic carbocycles. The average molecular weight is 336 g/mol. The molecule has 1 fully saturated rings. The smallest absolute Gasteiger partial charge is 0.264 e. The van der Waals surface area contributed by atoms with Gasteiger partial charge in [-0.2, -0.15) is 0 Å². The van der Waals surface area contributed by atoms with Gasteiger partial charge in [0.1, 0.15) is 5.52 Å². The molecular weight excluding hydrogens is 324 g/mol. The molecule has 1 aliphatic rings. The summed E-state index contributed by atoms with van der Waals surface area (Å²) in [6.07, 6.45) is 5.13. The Morgan fingerprint density at radius 2 is 2.25 bits per heavy atom. The number of fused-ring (bicyclic) bond motifs is 1. The number of thioether (sulfide) groups is 1. The molecule has 1 amide bonds. The Labute approximate surface area is 141 Å². The number of nitrogens with one attached hydrogen (secondary N) is 1. The van der Waals surface area contributed by atoms with Crippen LogP contribution in [-0.2, 0) is 4.79 Å². The fraction of sp³-hybridized carbons (Fsp3) is 0.0588. The monoisotopic (exact) mass is 336 g/mol. The fourth-order valence-corrected chi connectivity index (χ4v) is 3.16. The van der Waals surface area contributed by atoms with Gasteiger partial charge in [0.25, 0.3) is 5.91 Å². The van der Waals surface area contributed by atoms with Crippen molar-refractivity contribution in [2.24, 2.45) is 4.99 Å². The number of aryl methyl sites for hydroxylation is 1. The van der Waals surface area contributed by atoms with Gasteiger partial charge in [-0.25, -0.2) is 9.98 Å². The molecule has 1 N–H and O–H groups in total. The number of pyridine rings is 1. The zero-order chi connectivity index (χ0) is 16.5. The largest absolute Gasteiger partial charge is 0.441 e. The van der Waals surface area contributed by atoms with Crippen molar-refractivity contribution in [2.45, 2.75) is 6.92 Å². The van der Waals surface area contributed by atoms with E-state index in [1.807, 2.05) is 30.3 Å². The van der Waals surface area contributed by atoms with Crippen LogP contribution in [-0.4, -0.2) is 21.0 Å². The number of oxazole rings is 1. The van der Waals surface area contributed by atoms with Gasteiger partial charge in [0.15, 0.2) is 16.6 Å². The molecule has 2 aromatic heterocycles. The van der Waals surface area contributed by atoms with E-state index in [-0.39, 0.29) is 5.91 Å². The zero-order valence-corrected chi connectivity index (χ0v) is 13.5. The van der Waals surface area contributed by atoms with E-state index in [1.54, 1.807) is 25.4 Å². The normalized spacial score (nSPS) is 17.8. The highest BCUT2D eigenvalue weighted by molar-refractivity contribution is 8.18. The summed E-state index contributed by atoms with van der Waals surface area (Å²) in [6.45, 7) is 1.81. The standard InChI is InChI=1S/C17H12N4O2S/c1-10-19-13-5-4-11(7-14(13)23-10)8-15-16(22)21-17(24-15)20-12-3-2-6-18-9-12/h2-9H,1H3,(H,20,21,22)/b15-8+. The van der Waals surface area contributed by atoms with Gasteiger partial charge in [-0.3, -0.25) is 9.78 Å². The average Bonchev–Trinajstić information content (AvgIpc) is 3.10. The molecule has 0 bridgehead atoms. The summed E-state index contributed by atoms with van der Waals surface area (Å²) in [4.78, 5) is 25.3. The summed E-state index contributed by atoms with van der Waals surface area (Å²) in [7, 11) is 0. The summed E-state index contributed by atoms with van der Waals surface area (Å²) < 4.78 is 5.52. The molecule has 0 saturated carbocycles. The van der Waals surface area contributed by atoms with Crippen LogP contribution in [0.5, 0.6) is 0 Å². The zero-order valence-electron chi connectivity index (χ0n) is 12.7. The van der Waals surface area contributed by atoms with E-state index in [0.717, 1.165) is 11.1 Å². The molecule has 0 radical (unpaired) electrons. The number of carbonyl (C=O) groups is 1. The predicted molar refractivity (Wildman–Crippen MR) is 93.8 cm³/mol. The molecule has 1 aromatic carbocycles. The van der Waals surface area contributed by atoms with Gasteiger partial charge in [0.05, 0.1) is 16.8 Å². The highest BCUT2D eigenvalue weighted by Crippen LogP contribution is 2.28. The van der Waals surface area contributed by atoms with E-state index >= 15 is 0 Å². The van der Waals surface area contributed by atoms with Gasteiger partial charge >= 0.3 is 0 Å². The first-order chi connectivity index (χ1) is 11.7. The summed E-state index contributed by atoms with van der Waals surface area (Å²) >= 11 is 1.30. The van der Waals surface area contributed by atoms with Crippen LogP contribution < -0.4 is 5.32 Å². The minimum absolute atomic E-state index is 0.170. The van der Waals surface area contributed by atoms with Gasteiger partial charge in [-0.1, -0.05) is 6.07 Å². The molecule has 0 spiro atoms. The molecule has 0 atom stereocenters. The lowest BCUT2D eigenvalue weighted by molar-refractivity contribution is -0.115. The molecule has 7 heteroatoms. The van der Waals surface area contributed by atoms with Gasteiger partial charge in [0.2, 0.25) is 0 Å². The van der Waals surface area contributed by atoms with Crippen molar-refractivity contribution < 1.29 is 9.21 Å². The third-order valence-electron chi connectivity index (χ3n) is 3.34. The first-order valence-electron chi connectivity index (χ1n) is 7.24. The summed E-state index contributed by atoms with van der Waals surface area (Å²) in [6, 6.07) is 9.27. The molecule has 4 rings (SSSR count). The quantitative estimate of drug-likeness (QED) is 0.725. The molecule has 3 heterocycles. The van der Waals surface area contributed by atoms with Crippen LogP contribution in [0.25, 0.3) is 17.2 Å². The Morgan fingerprint density at radius 3 is 3.08 bits per heavy atom. The maximum absolute atomic E-state index is 12.1. The van der Waals surface area contributed by atoms with E-state index in [0.29, 0.717) is 27.2 Å². The number of amides is 1. The van der Waals surface area contributed by atoms with Gasteiger partial charge in [-0.15, -0.1) is 0 Å². The molecular formula is C17H12N4O2S. The van der Waals surface area contributed by atoms with Crippen molar-refractivity contribution in [1.82, 2.24) is 15.3 Å². The number of aromatic nitrogens is 2. The number of carbonyl (C=O) groups excluding carboxylic acids is 1. The number of rotatable bonds is 2. The van der Waals surface area contributed by atoms with Crippen LogP contribution >= 0.6 is 11.8 Å². The predicted octanol–water partition coefficient (Wildman–Crippen LogP) is 3.42. The first kappa shape index (κ1) is 14.6. The van der Waals surface area contributed by atoms with Crippen molar-refractivity contribution >= 4 is 45.7 Å². The van der Waals surface area contributed by atoms with Crippen LogP contribution in [0.3, 0.4) is 0 Å². The van der Waals surface area contributed by atoms with Crippen molar-refractivity contribution in [3.05, 3.63) is 59.1 Å². The van der Waals surface area contributed by atoms with Gasteiger partial charge in [-0.05, 0) is 47.7 Å². The second kappa shape index (κ2) is 5.93. The minimum atomic E-state index is -0.170. The molecule has 118 valence electrons. The highest BCUT2D eigenvalue weighted by atomic mass is 32.2. The summed E-state index contributed by atoms with van der Waals surface area (Å²) in [5, 5.41) is 3.29. The first-order valence-corrected chi connectivity index (χ1v) is 8.06. The Morgan fingerprint density at radius 1 is 1.33 bits per heavy atom. The van der Waals surface area contributed by atoms with Crippen LogP contribution in [0.2, 0.25) is 0 Å². The number of amidine groups is 1. The van der Waals surface area contributed by atoms with Crippen LogP contribution in [0, 0.1) is 6.92 Å². The van der Waals surface area contributed by atoms with Crippen LogP contribution in [0.15, 0.2) is 57.0 Å². The van der Waals surface area contributed by atoms with E-state index in [2.05, 4.69) is 20.3 Å². The third-order valence-corrected chi connectivity index (χ3v) is 4.25. The SMILES string of the molecule is Cc1nc2ccc(/C=C3/SC(=Nc4cccnc4)NC3=O)cc2o1. The minimum Gasteiger partial charge on any atom is -0.441 e. The second-order valence-electron chi connectivity index (χ2n) is 5.15. The Hall–Kier alpha value is -2.93. The number of aliphatic imine (C=N–C) groups is 1. The second-order valence-corrected chi connectivity index (χ2v) is 6.18. The molecule has 6 nitrogen and oxygen atoms in total. The Bertz CT molecular complexity index is 992. The molecule has 1 aliphatic heterocycles. The lowest BCUT2D eigenvalue weighted by Crippen LogP contribution is -2.19. The number of hydrogen-bond donors (Lipinski definition) is 1. The Kier molecular flexibility index (Phi) is 3.62. The Balaban J connectivity index is 1.62. The van der Waals surface area contributed by atoms with Crippen molar-refractivity contribution in [2.75, 3.05) is 0 Å². The molecule has 1 saturated heterocycles. The fourth-order valence-electron chi connectivity index (χ4n) is 2.32. The number of hydrogen-bond acceptors (Lipinski definition) is 6. The van der Waals surface area contributed by atoms with Crippen LogP contribution in [0.1, 0.15) is 11.5 Å². The summed E-state index contributed by atoms with van der Waals surface area (Å²) in [5.74, 6) is 0.449. The maximum Gasteiger partial charge on any atom is 0.264 e. The van der Waals surface area contributed by atoms with Crippen molar-refractivity contribution in [3.63, 3.8) is 0 Å². The van der Waals surface area contributed by atoms with E-state index < -0.39 is 0 Å². The summed E-state index contributed by atoms with van der Waals surface area (Å²) in [5.41, 5.74) is 3.07. The van der Waals surface area contributed by atoms with Crippen molar-refractivity contribution in [1.29, 1.82) is 0 Å². The highest BCUT2D eigenvalue weighted by Gasteiger charge is 2.23.